The SMILES string of the molecule is CN1CCC(OCc2cc(CNC(C)(C)C)no2)CC1. The van der Waals surface area contributed by atoms with Crippen molar-refractivity contribution < 1.29 is 9.26 Å². The van der Waals surface area contributed by atoms with Crippen LogP contribution in [0.25, 0.3) is 0 Å². The summed E-state index contributed by atoms with van der Waals surface area (Å²) in [5.74, 6) is 0.814. The van der Waals surface area contributed by atoms with E-state index in [4.69, 9.17) is 9.26 Å². The van der Waals surface area contributed by atoms with Crippen LogP contribution in [0.5, 0.6) is 0 Å². The van der Waals surface area contributed by atoms with Crippen molar-refractivity contribution in [1.82, 2.24) is 15.4 Å². The molecule has 0 aliphatic carbocycles. The van der Waals surface area contributed by atoms with Crippen LogP contribution < -0.4 is 5.32 Å². The third kappa shape index (κ3) is 5.23. The van der Waals surface area contributed by atoms with Crippen molar-refractivity contribution in [2.24, 2.45) is 0 Å². The number of hydrogen-bond acceptors (Lipinski definition) is 5. The van der Waals surface area contributed by atoms with Gasteiger partial charge in [-0.15, -0.1) is 0 Å². The van der Waals surface area contributed by atoms with Crippen LogP contribution in [0, 0.1) is 0 Å². The Kier molecular flexibility index (Phi) is 5.18. The first-order valence-corrected chi connectivity index (χ1v) is 7.42. The fourth-order valence-corrected chi connectivity index (χ4v) is 2.21. The molecule has 5 nitrogen and oxygen atoms in total. The van der Waals surface area contributed by atoms with E-state index in [0.717, 1.165) is 43.9 Å². The zero-order chi connectivity index (χ0) is 14.6. The molecule has 0 radical (unpaired) electrons. The summed E-state index contributed by atoms with van der Waals surface area (Å²) < 4.78 is 11.2. The highest BCUT2D eigenvalue weighted by molar-refractivity contribution is 5.04. The third-order valence-electron chi connectivity index (χ3n) is 3.53. The van der Waals surface area contributed by atoms with Crippen molar-refractivity contribution in [1.29, 1.82) is 0 Å². The summed E-state index contributed by atoms with van der Waals surface area (Å²) in [5.41, 5.74) is 1.02. The van der Waals surface area contributed by atoms with Crippen LogP contribution in [0.4, 0.5) is 0 Å². The number of piperidine rings is 1. The van der Waals surface area contributed by atoms with Gasteiger partial charge in [0.15, 0.2) is 5.76 Å². The zero-order valence-electron chi connectivity index (χ0n) is 13.1. The van der Waals surface area contributed by atoms with E-state index in [2.05, 4.69) is 43.2 Å². The number of likely N-dealkylation sites (tertiary alicyclic amines) is 1. The molecule has 1 aromatic rings. The van der Waals surface area contributed by atoms with Gasteiger partial charge in [-0.25, -0.2) is 0 Å². The molecule has 1 N–H and O–H groups in total. The van der Waals surface area contributed by atoms with E-state index in [1.807, 2.05) is 6.07 Å². The Morgan fingerprint density at radius 1 is 1.40 bits per heavy atom. The monoisotopic (exact) mass is 281 g/mol. The first kappa shape index (κ1) is 15.5. The lowest BCUT2D eigenvalue weighted by atomic mass is 10.1. The summed E-state index contributed by atoms with van der Waals surface area (Å²) in [6, 6.07) is 1.98. The summed E-state index contributed by atoms with van der Waals surface area (Å²) in [6.45, 7) is 9.88. The Hall–Kier alpha value is -0.910. The van der Waals surface area contributed by atoms with Crippen molar-refractivity contribution in [2.75, 3.05) is 20.1 Å². The molecule has 2 heterocycles. The molecule has 0 bridgehead atoms. The maximum absolute atomic E-state index is 5.90. The van der Waals surface area contributed by atoms with E-state index in [1.54, 1.807) is 0 Å². The lowest BCUT2D eigenvalue weighted by molar-refractivity contribution is -0.00652. The van der Waals surface area contributed by atoms with Crippen LogP contribution >= 0.6 is 0 Å². The smallest absolute Gasteiger partial charge is 0.162 e. The Labute approximate surface area is 121 Å². The van der Waals surface area contributed by atoms with E-state index in [1.165, 1.54) is 0 Å². The molecule has 1 aliphatic heterocycles. The van der Waals surface area contributed by atoms with Gasteiger partial charge in [0, 0.05) is 31.2 Å². The molecule has 2 rings (SSSR count). The minimum atomic E-state index is 0.0870. The Morgan fingerprint density at radius 2 is 2.10 bits per heavy atom. The molecular formula is C15H27N3O2. The Bertz CT molecular complexity index is 403. The Balaban J connectivity index is 1.72. The topological polar surface area (TPSA) is 50.5 Å². The number of ether oxygens (including phenoxy) is 1. The number of aromatic nitrogens is 1. The Morgan fingerprint density at radius 3 is 2.75 bits per heavy atom. The van der Waals surface area contributed by atoms with Crippen molar-refractivity contribution in [3.63, 3.8) is 0 Å². The average molecular weight is 281 g/mol. The minimum absolute atomic E-state index is 0.0870. The van der Waals surface area contributed by atoms with E-state index >= 15 is 0 Å². The van der Waals surface area contributed by atoms with Gasteiger partial charge in [-0.05, 0) is 40.7 Å². The highest BCUT2D eigenvalue weighted by atomic mass is 16.5. The standard InChI is InChI=1S/C15H27N3O2/c1-15(2,3)16-10-12-9-14(20-17-12)11-19-13-5-7-18(4)8-6-13/h9,13,16H,5-8,10-11H2,1-4H3. The van der Waals surface area contributed by atoms with Gasteiger partial charge < -0.3 is 19.5 Å². The highest BCUT2D eigenvalue weighted by Crippen LogP contribution is 2.15. The molecule has 0 atom stereocenters. The molecule has 0 aromatic carbocycles. The van der Waals surface area contributed by atoms with Gasteiger partial charge in [0.05, 0.1) is 11.8 Å². The molecule has 0 unspecified atom stereocenters. The molecule has 20 heavy (non-hydrogen) atoms. The van der Waals surface area contributed by atoms with Crippen LogP contribution in [-0.2, 0) is 17.9 Å². The maximum atomic E-state index is 5.90. The van der Waals surface area contributed by atoms with Gasteiger partial charge in [-0.3, -0.25) is 0 Å². The first-order valence-electron chi connectivity index (χ1n) is 7.42. The van der Waals surface area contributed by atoms with E-state index in [-0.39, 0.29) is 5.54 Å². The second kappa shape index (κ2) is 6.70. The average Bonchev–Trinajstić information content (AvgIpc) is 2.83. The normalized spacial score (nSPS) is 18.6. The highest BCUT2D eigenvalue weighted by Gasteiger charge is 2.18. The van der Waals surface area contributed by atoms with Crippen molar-refractivity contribution >= 4 is 0 Å². The van der Waals surface area contributed by atoms with Crippen LogP contribution in [0.3, 0.4) is 0 Å². The van der Waals surface area contributed by atoms with Crippen LogP contribution in [0.2, 0.25) is 0 Å². The second-order valence-corrected chi connectivity index (χ2v) is 6.70. The number of nitrogens with one attached hydrogen (secondary N) is 1. The van der Waals surface area contributed by atoms with Gasteiger partial charge in [0.25, 0.3) is 0 Å². The molecule has 1 aliphatic rings. The predicted molar refractivity (Wildman–Crippen MR) is 78.4 cm³/mol. The van der Waals surface area contributed by atoms with Crippen molar-refractivity contribution in [3.05, 3.63) is 17.5 Å². The van der Waals surface area contributed by atoms with E-state index in [9.17, 15) is 0 Å². The molecular weight excluding hydrogens is 254 g/mol. The maximum Gasteiger partial charge on any atom is 0.162 e. The molecule has 114 valence electrons. The summed E-state index contributed by atoms with van der Waals surface area (Å²) in [6.07, 6.45) is 2.55. The minimum Gasteiger partial charge on any atom is -0.370 e. The third-order valence-corrected chi connectivity index (χ3v) is 3.53. The molecule has 0 amide bonds. The lowest BCUT2D eigenvalue weighted by Crippen LogP contribution is -2.35. The quantitative estimate of drug-likeness (QED) is 0.896. The predicted octanol–water partition coefficient (Wildman–Crippen LogP) is 2.17. The largest absolute Gasteiger partial charge is 0.370 e. The first-order chi connectivity index (χ1) is 9.42. The van der Waals surface area contributed by atoms with E-state index < -0.39 is 0 Å². The molecule has 1 saturated heterocycles. The summed E-state index contributed by atoms with van der Waals surface area (Å²) in [7, 11) is 2.15. The lowest BCUT2D eigenvalue weighted by Gasteiger charge is -2.28. The van der Waals surface area contributed by atoms with Crippen molar-refractivity contribution in [2.45, 2.75) is 58.4 Å². The molecule has 5 heteroatoms. The zero-order valence-corrected chi connectivity index (χ0v) is 13.1. The van der Waals surface area contributed by atoms with E-state index in [0.29, 0.717) is 12.7 Å². The van der Waals surface area contributed by atoms with Gasteiger partial charge in [0.1, 0.15) is 6.61 Å². The van der Waals surface area contributed by atoms with Gasteiger partial charge >= 0.3 is 0 Å². The molecule has 0 saturated carbocycles. The summed E-state index contributed by atoms with van der Waals surface area (Å²) in [5, 5.41) is 7.46. The van der Waals surface area contributed by atoms with Gasteiger partial charge in [-0.2, -0.15) is 0 Å². The van der Waals surface area contributed by atoms with Gasteiger partial charge in [0.2, 0.25) is 0 Å². The number of hydrogen-bond donors (Lipinski definition) is 1. The number of nitrogens with zero attached hydrogens (tertiary/aromatic N) is 2. The van der Waals surface area contributed by atoms with Crippen LogP contribution in [0.15, 0.2) is 10.6 Å². The molecule has 1 aromatic heterocycles. The fourth-order valence-electron chi connectivity index (χ4n) is 2.21. The number of rotatable bonds is 5. The summed E-state index contributed by atoms with van der Waals surface area (Å²) in [4.78, 5) is 2.34. The fraction of sp³-hybridized carbons (Fsp3) is 0.800. The van der Waals surface area contributed by atoms with Crippen molar-refractivity contribution in [3.8, 4) is 0 Å². The molecule has 0 spiro atoms. The van der Waals surface area contributed by atoms with Crippen LogP contribution in [-0.4, -0.2) is 41.8 Å². The molecule has 1 fully saturated rings. The van der Waals surface area contributed by atoms with Gasteiger partial charge in [-0.1, -0.05) is 5.16 Å². The van der Waals surface area contributed by atoms with Crippen LogP contribution in [0.1, 0.15) is 45.1 Å². The second-order valence-electron chi connectivity index (χ2n) is 6.70. The summed E-state index contributed by atoms with van der Waals surface area (Å²) >= 11 is 0.